The van der Waals surface area contributed by atoms with Crippen molar-refractivity contribution in [1.29, 1.82) is 0 Å². The van der Waals surface area contributed by atoms with Crippen LogP contribution in [-0.4, -0.2) is 20.2 Å². The molecule has 0 aromatic heterocycles. The molecular weight excluding hydrogens is 192 g/mol. The maximum absolute atomic E-state index is 10.9. The molecule has 0 heterocycles. The summed E-state index contributed by atoms with van der Waals surface area (Å²) in [5, 5.41) is 0. The van der Waals surface area contributed by atoms with Gasteiger partial charge in [0, 0.05) is 13.2 Å². The molecule has 1 rings (SSSR count). The molecule has 0 atom stereocenters. The second-order valence-corrected chi connectivity index (χ2v) is 3.03. The van der Waals surface area contributed by atoms with E-state index in [9.17, 15) is 4.79 Å². The van der Waals surface area contributed by atoms with Gasteiger partial charge in [0.05, 0.1) is 13.7 Å². The van der Waals surface area contributed by atoms with Crippen molar-refractivity contribution in [3.8, 4) is 0 Å². The Labute approximate surface area is 89.3 Å². The van der Waals surface area contributed by atoms with Crippen molar-refractivity contribution in [2.24, 2.45) is 0 Å². The maximum atomic E-state index is 10.9. The van der Waals surface area contributed by atoms with Crippen molar-refractivity contribution in [2.45, 2.75) is 6.61 Å². The van der Waals surface area contributed by atoms with E-state index in [1.807, 2.05) is 24.3 Å². The van der Waals surface area contributed by atoms with E-state index in [-0.39, 0.29) is 5.97 Å². The van der Waals surface area contributed by atoms with Crippen LogP contribution in [0.15, 0.2) is 30.3 Å². The van der Waals surface area contributed by atoms with Gasteiger partial charge < -0.3 is 9.47 Å². The van der Waals surface area contributed by atoms with Crippen LogP contribution in [0.1, 0.15) is 11.1 Å². The highest BCUT2D eigenvalue weighted by Crippen LogP contribution is 2.08. The molecule has 0 spiro atoms. The van der Waals surface area contributed by atoms with Crippen LogP contribution in [0.5, 0.6) is 0 Å². The van der Waals surface area contributed by atoms with E-state index in [1.165, 1.54) is 13.2 Å². The molecule has 0 radical (unpaired) electrons. The van der Waals surface area contributed by atoms with Gasteiger partial charge in [0.1, 0.15) is 0 Å². The Morgan fingerprint density at radius 1 is 1.40 bits per heavy atom. The number of ether oxygens (including phenoxy) is 2. The Hall–Kier alpha value is -1.61. The first-order chi connectivity index (χ1) is 7.26. The predicted molar refractivity (Wildman–Crippen MR) is 58.2 cm³/mol. The van der Waals surface area contributed by atoms with E-state index in [0.29, 0.717) is 6.61 Å². The SMILES string of the molecule is COCc1cccc(/C=C/C(=O)OC)c1. The number of hydrogen-bond donors (Lipinski definition) is 0. The number of methoxy groups -OCH3 is 2. The van der Waals surface area contributed by atoms with Crippen molar-refractivity contribution in [3.63, 3.8) is 0 Å². The molecule has 0 unspecified atom stereocenters. The zero-order valence-corrected chi connectivity index (χ0v) is 8.90. The van der Waals surface area contributed by atoms with Gasteiger partial charge in [-0.05, 0) is 23.3 Å². The summed E-state index contributed by atoms with van der Waals surface area (Å²) >= 11 is 0. The topological polar surface area (TPSA) is 35.5 Å². The molecule has 15 heavy (non-hydrogen) atoms. The summed E-state index contributed by atoms with van der Waals surface area (Å²) in [5.74, 6) is -0.354. The van der Waals surface area contributed by atoms with E-state index in [4.69, 9.17) is 4.74 Å². The largest absolute Gasteiger partial charge is 0.466 e. The first-order valence-electron chi connectivity index (χ1n) is 4.60. The molecule has 0 fully saturated rings. The summed E-state index contributed by atoms with van der Waals surface area (Å²) in [6, 6.07) is 7.77. The summed E-state index contributed by atoms with van der Waals surface area (Å²) in [6.07, 6.45) is 3.11. The highest BCUT2D eigenvalue weighted by atomic mass is 16.5. The number of rotatable bonds is 4. The van der Waals surface area contributed by atoms with Gasteiger partial charge >= 0.3 is 5.97 Å². The fourth-order valence-corrected chi connectivity index (χ4v) is 1.19. The second kappa shape index (κ2) is 5.98. The van der Waals surface area contributed by atoms with E-state index in [1.54, 1.807) is 13.2 Å². The molecule has 0 bridgehead atoms. The third-order valence-corrected chi connectivity index (χ3v) is 1.88. The predicted octanol–water partition coefficient (Wildman–Crippen LogP) is 2.02. The Morgan fingerprint density at radius 2 is 2.20 bits per heavy atom. The summed E-state index contributed by atoms with van der Waals surface area (Å²) in [7, 11) is 3.00. The van der Waals surface area contributed by atoms with Gasteiger partial charge in [-0.25, -0.2) is 4.79 Å². The van der Waals surface area contributed by atoms with Crippen LogP contribution in [0.25, 0.3) is 6.08 Å². The van der Waals surface area contributed by atoms with Crippen molar-refractivity contribution < 1.29 is 14.3 Å². The second-order valence-electron chi connectivity index (χ2n) is 3.03. The number of carbonyl (C=O) groups is 1. The van der Waals surface area contributed by atoms with Crippen LogP contribution in [0.2, 0.25) is 0 Å². The van der Waals surface area contributed by atoms with Gasteiger partial charge in [-0.15, -0.1) is 0 Å². The smallest absolute Gasteiger partial charge is 0.330 e. The summed E-state index contributed by atoms with van der Waals surface area (Å²) in [4.78, 5) is 10.9. The quantitative estimate of drug-likeness (QED) is 0.558. The maximum Gasteiger partial charge on any atom is 0.330 e. The van der Waals surface area contributed by atoms with Crippen LogP contribution >= 0.6 is 0 Å². The number of esters is 1. The third kappa shape index (κ3) is 3.95. The zero-order valence-electron chi connectivity index (χ0n) is 8.90. The van der Waals surface area contributed by atoms with Crippen molar-refractivity contribution in [3.05, 3.63) is 41.5 Å². The molecule has 80 valence electrons. The van der Waals surface area contributed by atoms with E-state index in [2.05, 4.69) is 4.74 Å². The Balaban J connectivity index is 2.73. The first-order valence-corrected chi connectivity index (χ1v) is 4.60. The number of hydrogen-bond acceptors (Lipinski definition) is 3. The lowest BCUT2D eigenvalue weighted by atomic mass is 10.1. The molecule has 0 saturated heterocycles. The molecule has 1 aromatic carbocycles. The van der Waals surface area contributed by atoms with Gasteiger partial charge in [0.25, 0.3) is 0 Å². The summed E-state index contributed by atoms with van der Waals surface area (Å²) in [5.41, 5.74) is 2.03. The van der Waals surface area contributed by atoms with E-state index < -0.39 is 0 Å². The van der Waals surface area contributed by atoms with Crippen LogP contribution in [0.3, 0.4) is 0 Å². The van der Waals surface area contributed by atoms with Crippen LogP contribution in [0.4, 0.5) is 0 Å². The van der Waals surface area contributed by atoms with Gasteiger partial charge in [-0.1, -0.05) is 18.2 Å². The standard InChI is InChI=1S/C12H14O3/c1-14-9-11-5-3-4-10(8-11)6-7-12(13)15-2/h3-8H,9H2,1-2H3/b7-6+. The highest BCUT2D eigenvalue weighted by Gasteiger charge is 1.94. The average molecular weight is 206 g/mol. The normalized spacial score (nSPS) is 10.5. The molecule has 0 aliphatic heterocycles. The highest BCUT2D eigenvalue weighted by molar-refractivity contribution is 5.86. The minimum Gasteiger partial charge on any atom is -0.466 e. The molecule has 0 saturated carbocycles. The van der Waals surface area contributed by atoms with E-state index in [0.717, 1.165) is 11.1 Å². The van der Waals surface area contributed by atoms with E-state index >= 15 is 0 Å². The van der Waals surface area contributed by atoms with Crippen LogP contribution in [0, 0.1) is 0 Å². The molecule has 3 heteroatoms. The lowest BCUT2D eigenvalue weighted by molar-refractivity contribution is -0.134. The van der Waals surface area contributed by atoms with Crippen LogP contribution < -0.4 is 0 Å². The lowest BCUT2D eigenvalue weighted by Gasteiger charge is -2.00. The molecule has 0 aliphatic rings. The molecule has 1 aromatic rings. The van der Waals surface area contributed by atoms with Gasteiger partial charge in [0.15, 0.2) is 0 Å². The zero-order chi connectivity index (χ0) is 11.1. The minimum atomic E-state index is -0.354. The molecule has 0 aliphatic carbocycles. The summed E-state index contributed by atoms with van der Waals surface area (Å²) in [6.45, 7) is 0.569. The molecule has 0 amide bonds. The molecular formula is C12H14O3. The average Bonchev–Trinajstić information content (AvgIpc) is 2.27. The Kier molecular flexibility index (Phi) is 4.57. The fourth-order valence-electron chi connectivity index (χ4n) is 1.19. The van der Waals surface area contributed by atoms with Gasteiger partial charge in [0.2, 0.25) is 0 Å². The molecule has 0 N–H and O–H groups in total. The van der Waals surface area contributed by atoms with Crippen molar-refractivity contribution >= 4 is 12.0 Å². The minimum absolute atomic E-state index is 0.354. The molecule has 3 nitrogen and oxygen atoms in total. The monoisotopic (exact) mass is 206 g/mol. The van der Waals surface area contributed by atoms with Gasteiger partial charge in [-0.3, -0.25) is 0 Å². The van der Waals surface area contributed by atoms with Gasteiger partial charge in [-0.2, -0.15) is 0 Å². The van der Waals surface area contributed by atoms with Crippen molar-refractivity contribution in [1.82, 2.24) is 0 Å². The summed E-state index contributed by atoms with van der Waals surface area (Å²) < 4.78 is 9.51. The Morgan fingerprint density at radius 3 is 2.87 bits per heavy atom. The number of benzene rings is 1. The van der Waals surface area contributed by atoms with Crippen LogP contribution in [-0.2, 0) is 20.9 Å². The fraction of sp³-hybridized carbons (Fsp3) is 0.250. The van der Waals surface area contributed by atoms with Crippen molar-refractivity contribution in [2.75, 3.05) is 14.2 Å². The third-order valence-electron chi connectivity index (χ3n) is 1.88. The number of carbonyl (C=O) groups excluding carboxylic acids is 1. The Bertz CT molecular complexity index is 356. The lowest BCUT2D eigenvalue weighted by Crippen LogP contribution is -1.93. The first kappa shape index (κ1) is 11.5.